The van der Waals surface area contributed by atoms with Crippen molar-refractivity contribution in [3.05, 3.63) is 72.9 Å². The van der Waals surface area contributed by atoms with Crippen LogP contribution in [0.5, 0.6) is 0 Å². The fourth-order valence-electron chi connectivity index (χ4n) is 5.57. The number of carbonyl (C=O) groups is 2. The number of hydrogen-bond donors (Lipinski definition) is 4. The fourth-order valence-corrected chi connectivity index (χ4v) is 6.36. The first kappa shape index (κ1) is 55.4. The molecule has 0 spiro atoms. The second-order valence-electron chi connectivity index (χ2n) is 14.5. The SMILES string of the molecule is CC/C=C\C/C=C\C/C=C\C/C=C\C=C/C(O)C/C=C\CCC(=O)OC[C@H](COP(=O)(O)OC[C@@H](O)CO)OC(=O)CCCCCCCCCCCCCCCCC. The van der Waals surface area contributed by atoms with Gasteiger partial charge >= 0.3 is 19.8 Å². The number of aliphatic hydroxyl groups excluding tert-OH is 3. The molecule has 58 heavy (non-hydrogen) atoms. The number of esters is 2. The van der Waals surface area contributed by atoms with Crippen LogP contribution in [0.3, 0.4) is 0 Å². The van der Waals surface area contributed by atoms with Crippen molar-refractivity contribution in [2.45, 2.75) is 180 Å². The molecule has 0 saturated carbocycles. The molecule has 0 aromatic carbocycles. The highest BCUT2D eigenvalue weighted by atomic mass is 31.2. The second kappa shape index (κ2) is 41.1. The Labute approximate surface area is 351 Å². The average molecular weight is 839 g/mol. The molecule has 0 aliphatic rings. The number of carbonyl (C=O) groups excluding carboxylic acids is 2. The van der Waals surface area contributed by atoms with Crippen molar-refractivity contribution in [1.29, 1.82) is 0 Å². The molecule has 0 bridgehead atoms. The molecule has 2 unspecified atom stereocenters. The van der Waals surface area contributed by atoms with Gasteiger partial charge in [-0.3, -0.25) is 18.6 Å². The summed E-state index contributed by atoms with van der Waals surface area (Å²) < 4.78 is 32.6. The minimum atomic E-state index is -4.66. The molecule has 334 valence electrons. The van der Waals surface area contributed by atoms with Gasteiger partial charge in [0.25, 0.3) is 0 Å². The van der Waals surface area contributed by atoms with E-state index in [0.717, 1.165) is 44.9 Å². The van der Waals surface area contributed by atoms with E-state index in [1.165, 1.54) is 70.6 Å². The molecule has 0 aliphatic heterocycles. The Kier molecular flexibility index (Phi) is 39.3. The maximum absolute atomic E-state index is 12.6. The molecule has 0 fully saturated rings. The molecule has 0 aliphatic carbocycles. The van der Waals surface area contributed by atoms with Gasteiger partial charge in [0, 0.05) is 12.8 Å². The Morgan fingerprint density at radius 2 is 1.14 bits per heavy atom. The zero-order valence-electron chi connectivity index (χ0n) is 35.8. The number of ether oxygens (including phenoxy) is 2. The molecule has 0 radical (unpaired) electrons. The summed E-state index contributed by atoms with van der Waals surface area (Å²) in [5.41, 5.74) is 0. The number of phosphoric ester groups is 1. The van der Waals surface area contributed by atoms with E-state index in [1.54, 1.807) is 24.3 Å². The van der Waals surface area contributed by atoms with E-state index in [1.807, 2.05) is 12.2 Å². The van der Waals surface area contributed by atoms with Gasteiger partial charge in [0.2, 0.25) is 0 Å². The quantitative estimate of drug-likeness (QED) is 0.0152. The van der Waals surface area contributed by atoms with Crippen LogP contribution in [-0.4, -0.2) is 76.9 Å². The molecule has 0 rings (SSSR count). The highest BCUT2D eigenvalue weighted by Gasteiger charge is 2.27. The van der Waals surface area contributed by atoms with Crippen molar-refractivity contribution in [2.75, 3.05) is 26.4 Å². The third-order valence-electron chi connectivity index (χ3n) is 8.97. The molecule has 0 amide bonds. The first-order valence-corrected chi connectivity index (χ1v) is 23.5. The summed E-state index contributed by atoms with van der Waals surface area (Å²) in [6.07, 6.45) is 43.3. The number of unbranched alkanes of at least 4 members (excludes halogenated alkanes) is 14. The van der Waals surface area contributed by atoms with Gasteiger partial charge in [0.05, 0.1) is 25.9 Å². The van der Waals surface area contributed by atoms with Crippen LogP contribution >= 0.6 is 7.82 Å². The maximum Gasteiger partial charge on any atom is 0.472 e. The van der Waals surface area contributed by atoms with Crippen LogP contribution in [0, 0.1) is 0 Å². The van der Waals surface area contributed by atoms with Crippen molar-refractivity contribution in [1.82, 2.24) is 0 Å². The van der Waals surface area contributed by atoms with Gasteiger partial charge < -0.3 is 29.7 Å². The van der Waals surface area contributed by atoms with E-state index in [2.05, 4.69) is 54.8 Å². The third-order valence-corrected chi connectivity index (χ3v) is 9.92. The molecule has 0 heterocycles. The number of aliphatic hydroxyl groups is 3. The Morgan fingerprint density at radius 3 is 1.71 bits per heavy atom. The average Bonchev–Trinajstić information content (AvgIpc) is 3.21. The summed E-state index contributed by atoms with van der Waals surface area (Å²) in [5, 5.41) is 28.5. The number of rotatable bonds is 40. The van der Waals surface area contributed by atoms with Gasteiger partial charge in [-0.25, -0.2) is 4.57 Å². The smallest absolute Gasteiger partial charge is 0.462 e. The van der Waals surface area contributed by atoms with E-state index >= 15 is 0 Å². The lowest BCUT2D eigenvalue weighted by Crippen LogP contribution is -2.29. The minimum Gasteiger partial charge on any atom is -0.462 e. The lowest BCUT2D eigenvalue weighted by atomic mass is 10.0. The van der Waals surface area contributed by atoms with Gasteiger partial charge in [0.1, 0.15) is 12.7 Å². The minimum absolute atomic E-state index is 0.0334. The number of allylic oxidation sites excluding steroid dienone is 10. The molecule has 4 N–H and O–H groups in total. The molecule has 0 aromatic rings. The van der Waals surface area contributed by atoms with Gasteiger partial charge in [-0.05, 0) is 44.9 Å². The maximum atomic E-state index is 12.6. The van der Waals surface area contributed by atoms with E-state index in [-0.39, 0.29) is 12.8 Å². The van der Waals surface area contributed by atoms with Crippen molar-refractivity contribution in [3.63, 3.8) is 0 Å². The summed E-state index contributed by atoms with van der Waals surface area (Å²) in [6.45, 7) is 2.06. The van der Waals surface area contributed by atoms with E-state index in [9.17, 15) is 29.3 Å². The van der Waals surface area contributed by atoms with E-state index in [4.69, 9.17) is 19.1 Å². The highest BCUT2D eigenvalue weighted by molar-refractivity contribution is 7.47. The monoisotopic (exact) mass is 839 g/mol. The molecule has 0 aromatic heterocycles. The first-order chi connectivity index (χ1) is 28.1. The van der Waals surface area contributed by atoms with Crippen LogP contribution in [-0.2, 0) is 32.7 Å². The van der Waals surface area contributed by atoms with Crippen molar-refractivity contribution >= 4 is 19.8 Å². The molecule has 0 saturated heterocycles. The van der Waals surface area contributed by atoms with Gasteiger partial charge in [-0.2, -0.15) is 0 Å². The Balaban J connectivity index is 4.50. The largest absolute Gasteiger partial charge is 0.472 e. The fraction of sp³-hybridized carbons (Fsp3) is 0.696. The predicted molar refractivity (Wildman–Crippen MR) is 234 cm³/mol. The molecular weight excluding hydrogens is 759 g/mol. The highest BCUT2D eigenvalue weighted by Crippen LogP contribution is 2.43. The van der Waals surface area contributed by atoms with Crippen molar-refractivity contribution in [2.24, 2.45) is 0 Å². The van der Waals surface area contributed by atoms with E-state index in [0.29, 0.717) is 19.3 Å². The Hall–Kier alpha value is -2.63. The number of phosphoric acid groups is 1. The van der Waals surface area contributed by atoms with Crippen LogP contribution < -0.4 is 0 Å². The lowest BCUT2D eigenvalue weighted by molar-refractivity contribution is -0.161. The molecule has 12 heteroatoms. The van der Waals surface area contributed by atoms with E-state index < -0.39 is 64.5 Å². The third kappa shape index (κ3) is 40.2. The summed E-state index contributed by atoms with van der Waals surface area (Å²) in [4.78, 5) is 35.0. The zero-order chi connectivity index (χ0) is 42.8. The van der Waals surface area contributed by atoms with Crippen LogP contribution in [0.25, 0.3) is 0 Å². The van der Waals surface area contributed by atoms with Gasteiger partial charge in [-0.15, -0.1) is 0 Å². The summed E-state index contributed by atoms with van der Waals surface area (Å²) in [7, 11) is -4.66. The standard InChI is InChI=1S/C46H79O11P/c1-3-5-7-9-11-13-15-17-18-20-22-24-26-28-32-37-46(51)57-44(41-56-58(52,53)55-39-43(49)38-47)40-54-45(50)36-33-29-31-35-42(48)34-30-27-25-23-21-19-16-14-12-10-8-6-4-2/h6,8,12,14,19,21,25,27,29-31,34,42-44,47-49H,3-5,7,9-11,13,15-18,20,22-24,26,28,32-33,35-41H2,1-2H3,(H,52,53)/b8-6-,14-12-,21-19-,27-25-,31-29-,34-30-/t42?,43-,44+/m0/s1. The van der Waals surface area contributed by atoms with Crippen molar-refractivity contribution in [3.8, 4) is 0 Å². The first-order valence-electron chi connectivity index (χ1n) is 22.0. The van der Waals surface area contributed by atoms with Gasteiger partial charge in [-0.1, -0.05) is 177 Å². The van der Waals surface area contributed by atoms with Crippen LogP contribution in [0.1, 0.15) is 162 Å². The molecular formula is C46H79O11P. The normalized spacial score (nSPS) is 15.1. The summed E-state index contributed by atoms with van der Waals surface area (Å²) >= 11 is 0. The van der Waals surface area contributed by atoms with Crippen LogP contribution in [0.4, 0.5) is 0 Å². The Morgan fingerprint density at radius 1 is 0.603 bits per heavy atom. The Bertz CT molecular complexity index is 1210. The molecule has 4 atom stereocenters. The zero-order valence-corrected chi connectivity index (χ0v) is 36.7. The summed E-state index contributed by atoms with van der Waals surface area (Å²) in [6, 6.07) is 0. The van der Waals surface area contributed by atoms with Gasteiger partial charge in [0.15, 0.2) is 6.10 Å². The molecule has 11 nitrogen and oxygen atoms in total. The summed E-state index contributed by atoms with van der Waals surface area (Å²) in [5.74, 6) is -1.11. The topological polar surface area (TPSA) is 169 Å². The van der Waals surface area contributed by atoms with Crippen molar-refractivity contribution < 1.29 is 52.9 Å². The second-order valence-corrected chi connectivity index (χ2v) is 16.0. The number of hydrogen-bond acceptors (Lipinski definition) is 10. The van der Waals surface area contributed by atoms with Crippen LogP contribution in [0.15, 0.2) is 72.9 Å². The van der Waals surface area contributed by atoms with Crippen LogP contribution in [0.2, 0.25) is 0 Å². The lowest BCUT2D eigenvalue weighted by Gasteiger charge is -2.20. The predicted octanol–water partition coefficient (Wildman–Crippen LogP) is 10.6.